The molecule has 0 aromatic heterocycles. The Morgan fingerprint density at radius 1 is 0.750 bits per heavy atom. The maximum atomic E-state index is 4.73. The summed E-state index contributed by atoms with van der Waals surface area (Å²) in [4.78, 5) is 0. The zero-order valence-electron chi connectivity index (χ0n) is 4.65. The smallest absolute Gasteiger partial charge is 0 e. The molecule has 0 bridgehead atoms. The van der Waals surface area contributed by atoms with Crippen LogP contribution in [0, 0.1) is 0 Å². The van der Waals surface area contributed by atoms with E-state index in [9.17, 15) is 0 Å². The molecule has 8 heavy (non-hydrogen) atoms. The van der Waals surface area contributed by atoms with Crippen LogP contribution in [0.2, 0.25) is 0 Å². The van der Waals surface area contributed by atoms with Crippen molar-refractivity contribution in [2.45, 2.75) is 19.3 Å². The molecule has 0 heterocycles. The minimum atomic E-state index is 0. The largest absolute Gasteiger partial charge is 0.793 e. The first-order valence-corrected chi connectivity index (χ1v) is 3.73. The molecule has 0 aliphatic carbocycles. The van der Waals surface area contributed by atoms with Crippen molar-refractivity contribution >= 4 is 25.3 Å². The van der Waals surface area contributed by atoms with Crippen LogP contribution < -0.4 is 0 Å². The average molecular weight is 242 g/mol. The Morgan fingerprint density at radius 2 is 1.12 bits per heavy atom. The second kappa shape index (κ2) is 11.3. The molecule has 0 saturated heterocycles. The van der Waals surface area contributed by atoms with E-state index in [0.717, 1.165) is 11.5 Å². The van der Waals surface area contributed by atoms with E-state index in [-0.39, 0.29) is 22.4 Å². The van der Waals surface area contributed by atoms with Crippen LogP contribution in [-0.4, -0.2) is 11.5 Å². The zero-order chi connectivity index (χ0) is 5.54. The summed E-state index contributed by atoms with van der Waals surface area (Å²) in [5.74, 6) is 1.80. The number of hydrogen-bond donors (Lipinski definition) is 0. The van der Waals surface area contributed by atoms with Gasteiger partial charge in [0, 0.05) is 22.4 Å². The van der Waals surface area contributed by atoms with E-state index in [1.165, 1.54) is 19.3 Å². The Morgan fingerprint density at radius 3 is 1.38 bits per heavy atom. The minimum Gasteiger partial charge on any atom is -0.793 e. The van der Waals surface area contributed by atoms with Gasteiger partial charge in [-0.3, -0.25) is 0 Å². The van der Waals surface area contributed by atoms with Crippen LogP contribution in [0.4, 0.5) is 0 Å². The summed E-state index contributed by atoms with van der Waals surface area (Å²) < 4.78 is 0. The number of unbranched alkanes of at least 4 members (excludes halogenated alkanes) is 2. The molecule has 0 aliphatic rings. The molecule has 55 valence electrons. The van der Waals surface area contributed by atoms with E-state index in [0.29, 0.717) is 0 Å². The van der Waals surface area contributed by atoms with E-state index < -0.39 is 0 Å². The van der Waals surface area contributed by atoms with Crippen LogP contribution in [0.3, 0.4) is 0 Å². The van der Waals surface area contributed by atoms with E-state index in [1.54, 1.807) is 0 Å². The van der Waals surface area contributed by atoms with Crippen molar-refractivity contribution in [2.24, 2.45) is 0 Å². The molecule has 0 fully saturated rings. The summed E-state index contributed by atoms with van der Waals surface area (Å²) in [5, 5.41) is 0. The third-order valence-electron chi connectivity index (χ3n) is 0.789. The minimum absolute atomic E-state index is 0. The van der Waals surface area contributed by atoms with Gasteiger partial charge in [-0.05, 0) is 0 Å². The van der Waals surface area contributed by atoms with Crippen molar-refractivity contribution in [3.63, 3.8) is 0 Å². The van der Waals surface area contributed by atoms with Crippen molar-refractivity contribution in [3.8, 4) is 0 Å². The molecular weight excluding hydrogens is 232 g/mol. The molecule has 0 amide bonds. The Labute approximate surface area is 78.1 Å². The molecule has 0 aromatic carbocycles. The van der Waals surface area contributed by atoms with Gasteiger partial charge in [-0.2, -0.15) is 11.5 Å². The quantitative estimate of drug-likeness (QED) is 0.413. The topological polar surface area (TPSA) is 0 Å². The number of rotatable bonds is 4. The fourth-order valence-electron chi connectivity index (χ4n) is 0.381. The van der Waals surface area contributed by atoms with Gasteiger partial charge >= 0.3 is 0 Å². The fraction of sp³-hybridized carbons (Fsp3) is 1.00. The second-order valence-electron chi connectivity index (χ2n) is 1.47. The molecule has 0 unspecified atom stereocenters. The second-order valence-corrected chi connectivity index (χ2v) is 2.29. The molecule has 0 aromatic rings. The van der Waals surface area contributed by atoms with Crippen molar-refractivity contribution in [3.05, 3.63) is 0 Å². The molecule has 0 rings (SSSR count). The van der Waals surface area contributed by atoms with Gasteiger partial charge in [-0.25, -0.2) is 0 Å². The molecule has 3 heteroatoms. The molecule has 0 atom stereocenters. The van der Waals surface area contributed by atoms with Crippen molar-refractivity contribution < 1.29 is 22.4 Å². The first-order chi connectivity index (χ1) is 3.41. The van der Waals surface area contributed by atoms with E-state index in [1.807, 2.05) is 0 Å². The van der Waals surface area contributed by atoms with Crippen molar-refractivity contribution in [2.75, 3.05) is 11.5 Å². The first kappa shape index (κ1) is 12.1. The number of hydrogen-bond acceptors (Lipinski definition) is 2. The maximum absolute atomic E-state index is 4.73. The van der Waals surface area contributed by atoms with Gasteiger partial charge in [-0.1, -0.05) is 19.3 Å². The molecule has 0 nitrogen and oxygen atoms in total. The van der Waals surface area contributed by atoms with Gasteiger partial charge in [0.05, 0.1) is 0 Å². The molecule has 0 spiro atoms. The van der Waals surface area contributed by atoms with E-state index >= 15 is 0 Å². The third kappa shape index (κ3) is 10.4. The Balaban J connectivity index is 0. The molecule has 0 saturated carbocycles. The standard InChI is InChI=1S/C5H12S2.Ag/c6-4-2-1-3-5-7;/h6-7H,1-5H2;/p-2. The summed E-state index contributed by atoms with van der Waals surface area (Å²) >= 11 is 9.46. The van der Waals surface area contributed by atoms with Crippen LogP contribution in [0.5, 0.6) is 0 Å². The van der Waals surface area contributed by atoms with E-state index in [2.05, 4.69) is 0 Å². The van der Waals surface area contributed by atoms with E-state index in [4.69, 9.17) is 25.3 Å². The summed E-state index contributed by atoms with van der Waals surface area (Å²) in [6.07, 6.45) is 3.57. The predicted octanol–water partition coefficient (Wildman–Crippen LogP) is 1.25. The monoisotopic (exact) mass is 241 g/mol. The molecule has 1 radical (unpaired) electrons. The molecular formula is C5H10AgS2-2. The van der Waals surface area contributed by atoms with Gasteiger partial charge in [0.1, 0.15) is 0 Å². The molecule has 0 N–H and O–H groups in total. The Kier molecular flexibility index (Phi) is 17.1. The summed E-state index contributed by atoms with van der Waals surface area (Å²) in [6, 6.07) is 0. The predicted molar refractivity (Wildman–Crippen MR) is 38.3 cm³/mol. The summed E-state index contributed by atoms with van der Waals surface area (Å²) in [7, 11) is 0. The van der Waals surface area contributed by atoms with Gasteiger partial charge < -0.3 is 25.3 Å². The maximum Gasteiger partial charge on any atom is 0 e. The Bertz CT molecular complexity index is 29.6. The van der Waals surface area contributed by atoms with Gasteiger partial charge in [0.25, 0.3) is 0 Å². The summed E-state index contributed by atoms with van der Waals surface area (Å²) in [5.41, 5.74) is 0. The van der Waals surface area contributed by atoms with Gasteiger partial charge in [0.2, 0.25) is 0 Å². The van der Waals surface area contributed by atoms with Crippen LogP contribution in [0.1, 0.15) is 19.3 Å². The summed E-state index contributed by atoms with van der Waals surface area (Å²) in [6.45, 7) is 0. The average Bonchev–Trinajstić information content (AvgIpc) is 1.69. The van der Waals surface area contributed by atoms with Crippen LogP contribution in [0.25, 0.3) is 0 Å². The Hall–Kier alpha value is 1.44. The SMILES string of the molecule is [Ag].[S-]CCCCC[S-]. The first-order valence-electron chi connectivity index (χ1n) is 2.58. The third-order valence-corrected chi connectivity index (χ3v) is 1.37. The fourth-order valence-corrected chi connectivity index (χ4v) is 0.789. The van der Waals surface area contributed by atoms with Crippen LogP contribution >= 0.6 is 0 Å². The van der Waals surface area contributed by atoms with Gasteiger partial charge in [0.15, 0.2) is 0 Å². The normalized spacial score (nSPS) is 8.25. The zero-order valence-corrected chi connectivity index (χ0v) is 7.77. The van der Waals surface area contributed by atoms with Gasteiger partial charge in [-0.15, -0.1) is 0 Å². The van der Waals surface area contributed by atoms with Crippen molar-refractivity contribution in [1.29, 1.82) is 0 Å². The molecule has 0 aliphatic heterocycles. The van der Waals surface area contributed by atoms with Crippen LogP contribution in [0.15, 0.2) is 0 Å². The van der Waals surface area contributed by atoms with Crippen LogP contribution in [-0.2, 0) is 47.6 Å². The van der Waals surface area contributed by atoms with Crippen molar-refractivity contribution in [1.82, 2.24) is 0 Å².